The lowest BCUT2D eigenvalue weighted by molar-refractivity contribution is 0.659. The highest BCUT2D eigenvalue weighted by atomic mass is 16.3. The molecule has 218 valence electrons. The van der Waals surface area contributed by atoms with Crippen LogP contribution in [0.1, 0.15) is 0 Å². The number of hydrogen-bond donors (Lipinski definition) is 0. The molecule has 3 nitrogen and oxygen atoms in total. The van der Waals surface area contributed by atoms with E-state index in [9.17, 15) is 0 Å². The van der Waals surface area contributed by atoms with Gasteiger partial charge < -0.3 is 13.6 Å². The van der Waals surface area contributed by atoms with Crippen molar-refractivity contribution in [1.82, 2.24) is 9.13 Å². The molecule has 0 aliphatic carbocycles. The van der Waals surface area contributed by atoms with Gasteiger partial charge in [0.1, 0.15) is 0 Å². The fraction of sp³-hybridized carbons (Fsp3) is 0. The number of hydrogen-bond acceptors (Lipinski definition) is 1. The molecule has 3 heteroatoms. The van der Waals surface area contributed by atoms with Crippen molar-refractivity contribution in [2.24, 2.45) is 0 Å². The molecule has 8 aromatic carbocycles. The molecule has 3 aromatic heterocycles. The Morgan fingerprint density at radius 3 is 1.02 bits per heavy atom. The minimum Gasteiger partial charge on any atom is -0.452 e. The fourth-order valence-electron chi connectivity index (χ4n) is 8.14. The molecule has 0 radical (unpaired) electrons. The van der Waals surface area contributed by atoms with Crippen LogP contribution in [0.2, 0.25) is 0 Å². The average molecular weight is 599 g/mol. The van der Waals surface area contributed by atoms with Crippen LogP contribution in [0.15, 0.2) is 162 Å². The lowest BCUT2D eigenvalue weighted by Gasteiger charge is -2.13. The second-order valence-electron chi connectivity index (χ2n) is 12.5. The number of para-hydroxylation sites is 4. The summed E-state index contributed by atoms with van der Waals surface area (Å²) in [6.45, 7) is 0. The van der Waals surface area contributed by atoms with E-state index >= 15 is 0 Å². The van der Waals surface area contributed by atoms with Crippen LogP contribution < -0.4 is 0 Å². The fourth-order valence-corrected chi connectivity index (χ4v) is 8.14. The summed E-state index contributed by atoms with van der Waals surface area (Å²) in [4.78, 5) is 0. The van der Waals surface area contributed by atoms with Gasteiger partial charge in [0.15, 0.2) is 11.2 Å². The average Bonchev–Trinajstić information content (AvgIpc) is 3.59. The highest BCUT2D eigenvalue weighted by molar-refractivity contribution is 6.26. The number of aromatic nitrogens is 2. The summed E-state index contributed by atoms with van der Waals surface area (Å²) in [5, 5.41) is 11.9. The van der Waals surface area contributed by atoms with Crippen LogP contribution in [0.5, 0.6) is 0 Å². The molecule has 0 saturated carbocycles. The quantitative estimate of drug-likeness (QED) is 0.194. The van der Waals surface area contributed by atoms with E-state index < -0.39 is 0 Å². The maximum Gasteiger partial charge on any atom is 0.160 e. The zero-order valence-electron chi connectivity index (χ0n) is 25.3. The van der Waals surface area contributed by atoms with Crippen LogP contribution >= 0.6 is 0 Å². The van der Waals surface area contributed by atoms with Crippen molar-refractivity contribution in [3.8, 4) is 11.4 Å². The predicted molar refractivity (Wildman–Crippen MR) is 197 cm³/mol. The number of nitrogens with zero attached hydrogens (tertiary/aromatic N) is 2. The van der Waals surface area contributed by atoms with Crippen molar-refractivity contribution in [3.63, 3.8) is 0 Å². The van der Waals surface area contributed by atoms with E-state index in [0.29, 0.717) is 0 Å². The second-order valence-corrected chi connectivity index (χ2v) is 12.5. The smallest absolute Gasteiger partial charge is 0.160 e. The summed E-state index contributed by atoms with van der Waals surface area (Å²) in [7, 11) is 0. The van der Waals surface area contributed by atoms with Gasteiger partial charge in [0.2, 0.25) is 0 Å². The predicted octanol–water partition coefficient (Wildman–Crippen LogP) is 12.1. The molecule has 0 aliphatic rings. The highest BCUT2D eigenvalue weighted by Crippen LogP contribution is 2.43. The van der Waals surface area contributed by atoms with Crippen molar-refractivity contribution in [1.29, 1.82) is 0 Å². The van der Waals surface area contributed by atoms with Crippen molar-refractivity contribution < 1.29 is 4.42 Å². The van der Waals surface area contributed by atoms with Crippen LogP contribution in [-0.4, -0.2) is 9.13 Å². The normalized spacial score (nSPS) is 12.3. The van der Waals surface area contributed by atoms with Crippen LogP contribution in [0.25, 0.3) is 98.5 Å². The van der Waals surface area contributed by atoms with Gasteiger partial charge in [-0.3, -0.25) is 0 Å². The molecule has 11 rings (SSSR count). The van der Waals surface area contributed by atoms with E-state index in [1.165, 1.54) is 32.3 Å². The van der Waals surface area contributed by atoms with Gasteiger partial charge >= 0.3 is 0 Å². The molecule has 0 saturated heterocycles. The molecule has 3 heterocycles. The summed E-state index contributed by atoms with van der Waals surface area (Å²) < 4.78 is 12.3. The first kappa shape index (κ1) is 24.9. The van der Waals surface area contributed by atoms with Gasteiger partial charge in [-0.05, 0) is 57.9 Å². The second kappa shape index (κ2) is 9.12. The summed E-state index contributed by atoms with van der Waals surface area (Å²) in [6, 6.07) is 56.9. The van der Waals surface area contributed by atoms with E-state index in [1.807, 2.05) is 0 Å². The minimum absolute atomic E-state index is 0.871. The first-order valence-electron chi connectivity index (χ1n) is 16.1. The molecule has 47 heavy (non-hydrogen) atoms. The molecule has 0 atom stereocenters. The first-order chi connectivity index (χ1) is 23.3. The van der Waals surface area contributed by atoms with Gasteiger partial charge in [-0.2, -0.15) is 0 Å². The molecule has 0 fully saturated rings. The maximum atomic E-state index is 7.51. The standard InChI is InChI=1S/C44H26N2O/c1-5-19-35-29(13-1)30-14-2-6-20-36(30)45(35)39-25-23-27-11-9-17-33-34-18-10-12-28-24-26-40(44(42(28)34)47-43(39)41(27)33)46-37-21-7-3-15-31(37)32-16-4-8-22-38(32)46/h1-26H. The Bertz CT molecular complexity index is 2770. The van der Waals surface area contributed by atoms with Crippen LogP contribution in [0.4, 0.5) is 0 Å². The van der Waals surface area contributed by atoms with Crippen molar-refractivity contribution in [3.05, 3.63) is 158 Å². The van der Waals surface area contributed by atoms with Crippen molar-refractivity contribution in [2.75, 3.05) is 0 Å². The lowest BCUT2D eigenvalue weighted by Crippen LogP contribution is -1.96. The highest BCUT2D eigenvalue weighted by Gasteiger charge is 2.21. The van der Waals surface area contributed by atoms with Gasteiger partial charge in [0, 0.05) is 32.3 Å². The van der Waals surface area contributed by atoms with E-state index in [1.54, 1.807) is 0 Å². The summed E-state index contributed by atoms with van der Waals surface area (Å²) >= 11 is 0. The first-order valence-corrected chi connectivity index (χ1v) is 16.1. The number of fused-ring (bicyclic) bond motifs is 7. The molecular weight excluding hydrogens is 572 g/mol. The summed E-state index contributed by atoms with van der Waals surface area (Å²) in [5.41, 5.74) is 8.44. The van der Waals surface area contributed by atoms with Gasteiger partial charge in [-0.25, -0.2) is 0 Å². The monoisotopic (exact) mass is 598 g/mol. The van der Waals surface area contributed by atoms with Gasteiger partial charge in [-0.1, -0.05) is 121 Å². The van der Waals surface area contributed by atoms with Crippen LogP contribution in [0.3, 0.4) is 0 Å². The Hall–Kier alpha value is -6.32. The van der Waals surface area contributed by atoms with Gasteiger partial charge in [-0.15, -0.1) is 0 Å². The Kier molecular flexibility index (Phi) is 4.84. The van der Waals surface area contributed by atoms with E-state index in [2.05, 4.69) is 167 Å². The third-order valence-corrected chi connectivity index (χ3v) is 10.1. The summed E-state index contributed by atoms with van der Waals surface area (Å²) in [5.74, 6) is 0. The van der Waals surface area contributed by atoms with Gasteiger partial charge in [0.25, 0.3) is 0 Å². The molecule has 0 bridgehead atoms. The van der Waals surface area contributed by atoms with E-state index in [4.69, 9.17) is 4.42 Å². The third kappa shape index (κ3) is 3.25. The maximum absolute atomic E-state index is 7.51. The number of rotatable bonds is 2. The third-order valence-electron chi connectivity index (χ3n) is 10.1. The molecule has 11 aromatic rings. The zero-order chi connectivity index (χ0) is 30.6. The SMILES string of the molecule is c1cc2ccc(-n3c4ccccc4c4ccccc43)c3oc4c(-n5c6ccccc6c6ccccc65)ccc5cccc(c(c1)c23)c54. The largest absolute Gasteiger partial charge is 0.452 e. The Labute approximate surface area is 269 Å². The molecule has 0 amide bonds. The van der Waals surface area contributed by atoms with Crippen LogP contribution in [-0.2, 0) is 0 Å². The molecule has 0 spiro atoms. The minimum atomic E-state index is 0.871. The lowest BCUT2D eigenvalue weighted by atomic mass is 9.99. The van der Waals surface area contributed by atoms with Crippen molar-refractivity contribution in [2.45, 2.75) is 0 Å². The Morgan fingerprint density at radius 2 is 0.638 bits per heavy atom. The van der Waals surface area contributed by atoms with Crippen molar-refractivity contribution >= 4 is 87.1 Å². The Balaban J connectivity index is 1.40. The number of benzene rings is 8. The topological polar surface area (TPSA) is 23.0 Å². The van der Waals surface area contributed by atoms with E-state index in [0.717, 1.165) is 66.2 Å². The molecule has 0 N–H and O–H groups in total. The Morgan fingerprint density at radius 1 is 0.298 bits per heavy atom. The van der Waals surface area contributed by atoms with E-state index in [-0.39, 0.29) is 0 Å². The van der Waals surface area contributed by atoms with Crippen LogP contribution in [0, 0.1) is 0 Å². The molecule has 0 aliphatic heterocycles. The molecule has 0 unspecified atom stereocenters. The summed E-state index contributed by atoms with van der Waals surface area (Å²) in [6.07, 6.45) is 0. The molecular formula is C44H26N2O. The van der Waals surface area contributed by atoms with Gasteiger partial charge in [0.05, 0.1) is 33.4 Å². The zero-order valence-corrected chi connectivity index (χ0v) is 25.3.